The lowest BCUT2D eigenvalue weighted by Gasteiger charge is -2.36. The van der Waals surface area contributed by atoms with Crippen molar-refractivity contribution >= 4 is 25.5 Å². The molecule has 0 N–H and O–H groups in total. The molecular formula is C18H26N4O2SSi. The second kappa shape index (κ2) is 8.27. The quantitative estimate of drug-likeness (QED) is 0.694. The average Bonchev–Trinajstić information content (AvgIpc) is 2.99. The number of aromatic nitrogens is 2. The molecule has 0 radical (unpaired) electrons. The lowest BCUT2D eigenvalue weighted by atomic mass is 10.2. The highest BCUT2D eigenvalue weighted by atomic mass is 32.1. The molecule has 0 unspecified atom stereocenters. The van der Waals surface area contributed by atoms with Crippen LogP contribution in [0.2, 0.25) is 18.1 Å². The Morgan fingerprint density at radius 2 is 2.08 bits per heavy atom. The SMILES string of the molecule is COCn1ccs/c1=N\c1cc(C#N)cc(CO[Si](C)(C)C(C)(C)C)n1. The highest BCUT2D eigenvalue weighted by Crippen LogP contribution is 2.37. The zero-order valence-corrected chi connectivity index (χ0v) is 18.1. The molecule has 0 spiro atoms. The lowest BCUT2D eigenvalue weighted by Crippen LogP contribution is -2.40. The van der Waals surface area contributed by atoms with E-state index in [4.69, 9.17) is 9.16 Å². The highest BCUT2D eigenvalue weighted by Gasteiger charge is 2.37. The van der Waals surface area contributed by atoms with Crippen LogP contribution in [0.15, 0.2) is 28.7 Å². The maximum Gasteiger partial charge on any atom is 0.193 e. The molecule has 140 valence electrons. The number of nitriles is 1. The minimum atomic E-state index is -1.89. The van der Waals surface area contributed by atoms with E-state index in [1.807, 2.05) is 16.1 Å². The first-order valence-corrected chi connectivity index (χ1v) is 12.2. The molecule has 0 aliphatic carbocycles. The predicted molar refractivity (Wildman–Crippen MR) is 105 cm³/mol. The largest absolute Gasteiger partial charge is 0.411 e. The second-order valence-corrected chi connectivity index (χ2v) is 13.2. The molecule has 2 aromatic rings. The van der Waals surface area contributed by atoms with E-state index in [9.17, 15) is 5.26 Å². The third-order valence-corrected chi connectivity index (χ3v) is 9.79. The molecule has 0 atom stereocenters. The zero-order valence-electron chi connectivity index (χ0n) is 16.2. The fourth-order valence-corrected chi connectivity index (χ4v) is 3.63. The number of hydrogen-bond acceptors (Lipinski definition) is 6. The Labute approximate surface area is 159 Å². The topological polar surface area (TPSA) is 72.4 Å². The van der Waals surface area contributed by atoms with Gasteiger partial charge in [0.15, 0.2) is 18.9 Å². The van der Waals surface area contributed by atoms with E-state index in [0.717, 1.165) is 10.5 Å². The van der Waals surface area contributed by atoms with E-state index in [-0.39, 0.29) is 5.04 Å². The van der Waals surface area contributed by atoms with Crippen molar-refractivity contribution in [3.8, 4) is 6.07 Å². The summed E-state index contributed by atoms with van der Waals surface area (Å²) in [6, 6.07) is 5.64. The van der Waals surface area contributed by atoms with Crippen molar-refractivity contribution in [1.29, 1.82) is 5.26 Å². The van der Waals surface area contributed by atoms with Crippen LogP contribution < -0.4 is 4.80 Å². The number of hydrogen-bond donors (Lipinski definition) is 0. The van der Waals surface area contributed by atoms with Crippen LogP contribution in [-0.2, 0) is 22.5 Å². The summed E-state index contributed by atoms with van der Waals surface area (Å²) < 4.78 is 13.3. The summed E-state index contributed by atoms with van der Waals surface area (Å²) in [5.41, 5.74) is 1.25. The molecule has 8 heteroatoms. The maximum atomic E-state index is 9.33. The first kappa shape index (κ1) is 20.5. The monoisotopic (exact) mass is 390 g/mol. The number of rotatable bonds is 6. The van der Waals surface area contributed by atoms with E-state index >= 15 is 0 Å². The fraction of sp³-hybridized carbons (Fsp3) is 0.500. The Morgan fingerprint density at radius 3 is 2.69 bits per heavy atom. The first-order chi connectivity index (χ1) is 12.2. The molecule has 2 aromatic heterocycles. The summed E-state index contributed by atoms with van der Waals surface area (Å²) in [5, 5.41) is 11.4. The molecule has 2 heterocycles. The predicted octanol–water partition coefficient (Wildman–Crippen LogP) is 4.17. The minimum Gasteiger partial charge on any atom is -0.411 e. The smallest absolute Gasteiger partial charge is 0.193 e. The van der Waals surface area contributed by atoms with Crippen LogP contribution in [0.4, 0.5) is 5.82 Å². The second-order valence-electron chi connectivity index (χ2n) is 7.55. The van der Waals surface area contributed by atoms with Crippen LogP contribution in [-0.4, -0.2) is 25.0 Å². The van der Waals surface area contributed by atoms with Gasteiger partial charge in [-0.05, 0) is 24.2 Å². The zero-order chi connectivity index (χ0) is 19.4. The van der Waals surface area contributed by atoms with Crippen molar-refractivity contribution in [3.05, 3.63) is 39.8 Å². The van der Waals surface area contributed by atoms with Crippen LogP contribution in [0.3, 0.4) is 0 Å². The summed E-state index contributed by atoms with van der Waals surface area (Å²) >= 11 is 1.49. The van der Waals surface area contributed by atoms with E-state index in [2.05, 4.69) is 49.9 Å². The van der Waals surface area contributed by atoms with Crippen LogP contribution >= 0.6 is 11.3 Å². The van der Waals surface area contributed by atoms with Gasteiger partial charge in [0.05, 0.1) is 23.9 Å². The number of thiazole rings is 1. The van der Waals surface area contributed by atoms with Gasteiger partial charge < -0.3 is 9.16 Å². The molecule has 0 aliphatic rings. The average molecular weight is 391 g/mol. The third-order valence-electron chi connectivity index (χ3n) is 4.52. The number of pyridine rings is 1. The van der Waals surface area contributed by atoms with Crippen molar-refractivity contribution in [1.82, 2.24) is 9.55 Å². The van der Waals surface area contributed by atoms with Gasteiger partial charge in [-0.3, -0.25) is 4.57 Å². The molecule has 6 nitrogen and oxygen atoms in total. The van der Waals surface area contributed by atoms with Crippen molar-refractivity contribution in [3.63, 3.8) is 0 Å². The Balaban J connectivity index is 2.32. The van der Waals surface area contributed by atoms with Crippen LogP contribution in [0.1, 0.15) is 32.0 Å². The van der Waals surface area contributed by atoms with Gasteiger partial charge in [0, 0.05) is 24.8 Å². The summed E-state index contributed by atoms with van der Waals surface area (Å²) in [5.74, 6) is 0.505. The van der Waals surface area contributed by atoms with Crippen LogP contribution in [0.25, 0.3) is 0 Å². The fourth-order valence-electron chi connectivity index (χ4n) is 1.96. The van der Waals surface area contributed by atoms with Gasteiger partial charge in [0.1, 0.15) is 6.73 Å². The number of methoxy groups -OCH3 is 1. The van der Waals surface area contributed by atoms with E-state index in [0.29, 0.717) is 24.7 Å². The molecule has 0 saturated carbocycles. The van der Waals surface area contributed by atoms with Gasteiger partial charge in [-0.2, -0.15) is 5.26 Å². The molecule has 0 aliphatic heterocycles. The lowest BCUT2D eigenvalue weighted by molar-refractivity contribution is 0.129. The molecule has 0 bridgehead atoms. The van der Waals surface area contributed by atoms with Crippen LogP contribution in [0.5, 0.6) is 0 Å². The van der Waals surface area contributed by atoms with Crippen LogP contribution in [0, 0.1) is 11.3 Å². The highest BCUT2D eigenvalue weighted by molar-refractivity contribution is 7.07. The summed E-state index contributed by atoms with van der Waals surface area (Å²) in [6.07, 6.45) is 1.91. The van der Waals surface area contributed by atoms with Gasteiger partial charge in [0.25, 0.3) is 0 Å². The van der Waals surface area contributed by atoms with Gasteiger partial charge in [-0.15, -0.1) is 11.3 Å². The normalized spacial score (nSPS) is 13.0. The molecule has 0 saturated heterocycles. The molecule has 0 aromatic carbocycles. The summed E-state index contributed by atoms with van der Waals surface area (Å²) in [4.78, 5) is 9.92. The Morgan fingerprint density at radius 1 is 1.35 bits per heavy atom. The van der Waals surface area contributed by atoms with Gasteiger partial charge in [0.2, 0.25) is 0 Å². The van der Waals surface area contributed by atoms with Crippen molar-refractivity contribution in [2.45, 2.75) is 52.2 Å². The third kappa shape index (κ3) is 5.11. The van der Waals surface area contributed by atoms with Crippen molar-refractivity contribution in [2.75, 3.05) is 7.11 Å². The first-order valence-electron chi connectivity index (χ1n) is 8.39. The van der Waals surface area contributed by atoms with Crippen molar-refractivity contribution in [2.24, 2.45) is 4.99 Å². The Kier molecular flexibility index (Phi) is 6.52. The molecule has 0 fully saturated rings. The molecular weight excluding hydrogens is 364 g/mol. The summed E-state index contributed by atoms with van der Waals surface area (Å²) in [7, 11) is -0.250. The standard InChI is InChI=1S/C18H26N4O2SSi/c1-18(2,3)26(5,6)24-12-15-9-14(11-19)10-16(20-15)21-17-22(13-23-4)7-8-25-17/h7-10H,12-13H2,1-6H3/b21-17-. The Bertz CT molecular complexity index is 859. The van der Waals surface area contributed by atoms with Gasteiger partial charge in [-0.25, -0.2) is 9.98 Å². The number of ether oxygens (including phenoxy) is 1. The van der Waals surface area contributed by atoms with Gasteiger partial charge in [-0.1, -0.05) is 20.8 Å². The molecule has 2 rings (SSSR count). The van der Waals surface area contributed by atoms with E-state index in [1.54, 1.807) is 19.2 Å². The Hall–Kier alpha value is -1.79. The maximum absolute atomic E-state index is 9.33. The summed E-state index contributed by atoms with van der Waals surface area (Å²) in [6.45, 7) is 11.8. The van der Waals surface area contributed by atoms with E-state index in [1.165, 1.54) is 11.3 Å². The van der Waals surface area contributed by atoms with Crippen molar-refractivity contribution < 1.29 is 9.16 Å². The van der Waals surface area contributed by atoms with E-state index < -0.39 is 8.32 Å². The molecule has 26 heavy (non-hydrogen) atoms. The number of nitrogens with zero attached hydrogens (tertiary/aromatic N) is 4. The van der Waals surface area contributed by atoms with Gasteiger partial charge >= 0.3 is 0 Å². The molecule has 0 amide bonds. The minimum absolute atomic E-state index is 0.121.